The largest absolute Gasteiger partial charge is 0.399 e. The van der Waals surface area contributed by atoms with Gasteiger partial charge < -0.3 is 11.1 Å². The van der Waals surface area contributed by atoms with Crippen molar-refractivity contribution in [1.82, 2.24) is 0 Å². The van der Waals surface area contributed by atoms with Crippen molar-refractivity contribution in [3.05, 3.63) is 58.9 Å². The predicted molar refractivity (Wildman–Crippen MR) is 79.2 cm³/mol. The molecule has 0 aromatic heterocycles. The Morgan fingerprint density at radius 3 is 2.55 bits per heavy atom. The molecule has 0 radical (unpaired) electrons. The quantitative estimate of drug-likeness (QED) is 0.846. The summed E-state index contributed by atoms with van der Waals surface area (Å²) in [6.07, 6.45) is 0.896. The van der Waals surface area contributed by atoms with Crippen molar-refractivity contribution in [3.8, 4) is 0 Å². The molecule has 0 atom stereocenters. The van der Waals surface area contributed by atoms with E-state index in [1.54, 1.807) is 12.1 Å². The number of aryl methyl sites for hydroxylation is 1. The number of hydrogen-bond donors (Lipinski definition) is 2. The molecule has 3 N–H and O–H groups in total. The molecule has 20 heavy (non-hydrogen) atoms. The van der Waals surface area contributed by atoms with Gasteiger partial charge in [-0.15, -0.1) is 0 Å². The molecule has 0 saturated carbocycles. The van der Waals surface area contributed by atoms with Crippen molar-refractivity contribution in [2.75, 3.05) is 11.1 Å². The fraction of sp³-hybridized carbons (Fsp3) is 0.133. The number of amides is 1. The van der Waals surface area contributed by atoms with Gasteiger partial charge in [0, 0.05) is 22.8 Å². The van der Waals surface area contributed by atoms with Crippen molar-refractivity contribution >= 4 is 28.9 Å². The number of carbonyl (C=O) groups excluding carboxylic acids is 1. The second-order valence-corrected chi connectivity index (χ2v) is 4.88. The highest BCUT2D eigenvalue weighted by atomic mass is 35.5. The molecule has 104 valence electrons. The second-order valence-electron chi connectivity index (χ2n) is 4.45. The van der Waals surface area contributed by atoms with Gasteiger partial charge in [-0.2, -0.15) is 0 Å². The Morgan fingerprint density at radius 2 is 1.90 bits per heavy atom. The molecule has 0 saturated heterocycles. The second kappa shape index (κ2) is 6.39. The fourth-order valence-corrected chi connectivity index (χ4v) is 2.01. The molecule has 0 unspecified atom stereocenters. The first kappa shape index (κ1) is 14.3. The van der Waals surface area contributed by atoms with Crippen LogP contribution in [0.2, 0.25) is 5.02 Å². The van der Waals surface area contributed by atoms with Crippen molar-refractivity contribution in [2.45, 2.75) is 12.8 Å². The number of halogens is 2. The van der Waals surface area contributed by atoms with Gasteiger partial charge in [0.05, 0.1) is 0 Å². The maximum absolute atomic E-state index is 13.1. The van der Waals surface area contributed by atoms with E-state index >= 15 is 0 Å². The Morgan fingerprint density at radius 1 is 1.20 bits per heavy atom. The highest BCUT2D eigenvalue weighted by Crippen LogP contribution is 2.18. The lowest BCUT2D eigenvalue weighted by Crippen LogP contribution is -2.12. The number of rotatable bonds is 4. The topological polar surface area (TPSA) is 55.1 Å². The van der Waals surface area contributed by atoms with Crippen LogP contribution in [0.25, 0.3) is 0 Å². The van der Waals surface area contributed by atoms with Gasteiger partial charge in [0.1, 0.15) is 5.82 Å². The molecule has 0 aliphatic rings. The number of nitrogens with one attached hydrogen (secondary N) is 1. The summed E-state index contributed by atoms with van der Waals surface area (Å²) in [5, 5.41) is 2.87. The Hall–Kier alpha value is -2.07. The van der Waals surface area contributed by atoms with E-state index in [1.807, 2.05) is 12.1 Å². The van der Waals surface area contributed by atoms with Gasteiger partial charge in [-0.3, -0.25) is 4.79 Å². The van der Waals surface area contributed by atoms with Crippen molar-refractivity contribution < 1.29 is 9.18 Å². The number of anilines is 2. The Balaban J connectivity index is 1.90. The van der Waals surface area contributed by atoms with Gasteiger partial charge >= 0.3 is 0 Å². The lowest BCUT2D eigenvalue weighted by atomic mass is 10.1. The van der Waals surface area contributed by atoms with Gasteiger partial charge in [-0.05, 0) is 42.3 Å². The first-order valence-corrected chi connectivity index (χ1v) is 6.51. The maximum Gasteiger partial charge on any atom is 0.224 e. The van der Waals surface area contributed by atoms with E-state index in [4.69, 9.17) is 17.3 Å². The van der Waals surface area contributed by atoms with Crippen LogP contribution in [0.1, 0.15) is 12.0 Å². The summed E-state index contributed by atoms with van der Waals surface area (Å²) in [6, 6.07) is 11.3. The first-order valence-electron chi connectivity index (χ1n) is 6.13. The summed E-state index contributed by atoms with van der Waals surface area (Å²) in [4.78, 5) is 11.8. The van der Waals surface area contributed by atoms with E-state index in [0.717, 1.165) is 5.56 Å². The summed E-state index contributed by atoms with van der Waals surface area (Å²) in [7, 11) is 0. The zero-order chi connectivity index (χ0) is 14.5. The summed E-state index contributed by atoms with van der Waals surface area (Å²) in [6.45, 7) is 0. The number of carbonyl (C=O) groups is 1. The van der Waals surface area contributed by atoms with E-state index in [2.05, 4.69) is 5.32 Å². The lowest BCUT2D eigenvalue weighted by molar-refractivity contribution is -0.116. The van der Waals surface area contributed by atoms with Gasteiger partial charge in [0.25, 0.3) is 0 Å². The zero-order valence-corrected chi connectivity index (χ0v) is 11.5. The third-order valence-corrected chi connectivity index (χ3v) is 2.98. The van der Waals surface area contributed by atoms with E-state index < -0.39 is 5.82 Å². The average molecular weight is 293 g/mol. The third kappa shape index (κ3) is 4.24. The monoisotopic (exact) mass is 292 g/mol. The molecule has 0 spiro atoms. The summed E-state index contributed by atoms with van der Waals surface area (Å²) < 4.78 is 13.1. The minimum Gasteiger partial charge on any atom is -0.399 e. The van der Waals surface area contributed by atoms with Gasteiger partial charge in [-0.1, -0.05) is 23.7 Å². The molecule has 5 heteroatoms. The van der Waals surface area contributed by atoms with Crippen LogP contribution < -0.4 is 11.1 Å². The molecule has 0 fully saturated rings. The van der Waals surface area contributed by atoms with Crippen LogP contribution in [-0.2, 0) is 11.2 Å². The molecular weight excluding hydrogens is 279 g/mol. The zero-order valence-electron chi connectivity index (χ0n) is 10.7. The van der Waals surface area contributed by atoms with Crippen molar-refractivity contribution in [2.24, 2.45) is 0 Å². The molecule has 3 nitrogen and oxygen atoms in total. The molecule has 0 bridgehead atoms. The van der Waals surface area contributed by atoms with E-state index in [0.29, 0.717) is 24.2 Å². The Kier molecular flexibility index (Phi) is 4.58. The van der Waals surface area contributed by atoms with Crippen LogP contribution in [-0.4, -0.2) is 5.91 Å². The van der Waals surface area contributed by atoms with E-state index in [-0.39, 0.29) is 10.9 Å². The van der Waals surface area contributed by atoms with Gasteiger partial charge in [0.2, 0.25) is 5.91 Å². The number of nitrogen functional groups attached to an aromatic ring is 1. The number of benzene rings is 2. The predicted octanol–water partition coefficient (Wildman–Crippen LogP) is 3.63. The number of nitrogens with two attached hydrogens (primary N) is 1. The minimum atomic E-state index is -0.480. The average Bonchev–Trinajstić information content (AvgIpc) is 2.37. The van der Waals surface area contributed by atoms with Crippen LogP contribution in [0.3, 0.4) is 0 Å². The lowest BCUT2D eigenvalue weighted by Gasteiger charge is -2.06. The van der Waals surface area contributed by atoms with Crippen LogP contribution in [0, 0.1) is 5.82 Å². The maximum atomic E-state index is 13.1. The van der Waals surface area contributed by atoms with Crippen LogP contribution in [0.5, 0.6) is 0 Å². The molecule has 0 aliphatic heterocycles. The molecule has 2 rings (SSSR count). The molecule has 2 aromatic rings. The Bertz CT molecular complexity index is 594. The smallest absolute Gasteiger partial charge is 0.224 e. The van der Waals surface area contributed by atoms with E-state index in [9.17, 15) is 9.18 Å². The third-order valence-electron chi connectivity index (χ3n) is 2.77. The molecule has 1 amide bonds. The Labute approximate surface area is 121 Å². The minimum absolute atomic E-state index is 0.191. The van der Waals surface area contributed by atoms with Crippen molar-refractivity contribution in [1.29, 1.82) is 0 Å². The van der Waals surface area contributed by atoms with E-state index in [1.165, 1.54) is 18.2 Å². The molecular formula is C15H14ClFN2O. The van der Waals surface area contributed by atoms with Crippen LogP contribution in [0.15, 0.2) is 42.5 Å². The molecule has 0 heterocycles. The summed E-state index contributed by atoms with van der Waals surface area (Å²) in [5.74, 6) is -0.671. The van der Waals surface area contributed by atoms with Crippen molar-refractivity contribution in [3.63, 3.8) is 0 Å². The molecule has 2 aromatic carbocycles. The highest BCUT2D eigenvalue weighted by Gasteiger charge is 2.05. The summed E-state index contributed by atoms with van der Waals surface area (Å²) in [5.41, 5.74) is 7.65. The highest BCUT2D eigenvalue weighted by molar-refractivity contribution is 6.30. The van der Waals surface area contributed by atoms with Gasteiger partial charge in [-0.25, -0.2) is 4.39 Å². The normalized spacial score (nSPS) is 10.3. The first-order chi connectivity index (χ1) is 9.52. The standard InChI is InChI=1S/C15H14ClFN2O/c16-11-7-12(17)9-14(8-11)19-15(20)6-3-10-1-4-13(18)5-2-10/h1-2,4-5,7-9H,3,6,18H2,(H,19,20). The number of hydrogen-bond acceptors (Lipinski definition) is 2. The molecule has 0 aliphatic carbocycles. The van der Waals surface area contributed by atoms with Gasteiger partial charge in [0.15, 0.2) is 0 Å². The van der Waals surface area contributed by atoms with Crippen LogP contribution >= 0.6 is 11.6 Å². The summed E-state index contributed by atoms with van der Waals surface area (Å²) >= 11 is 5.72. The fourth-order valence-electron chi connectivity index (χ4n) is 1.79. The van der Waals surface area contributed by atoms with Crippen LogP contribution in [0.4, 0.5) is 15.8 Å². The SMILES string of the molecule is Nc1ccc(CCC(=O)Nc2cc(F)cc(Cl)c2)cc1.